The summed E-state index contributed by atoms with van der Waals surface area (Å²) in [6.45, 7) is 2.92. The van der Waals surface area contributed by atoms with Crippen molar-refractivity contribution in [3.8, 4) is 0 Å². The number of nitrogens with one attached hydrogen (secondary N) is 1. The fourth-order valence-electron chi connectivity index (χ4n) is 1.09. The number of hydrogen-bond acceptors (Lipinski definition) is 2. The van der Waals surface area contributed by atoms with Crippen LogP contribution in [0.1, 0.15) is 17.3 Å². The molecule has 0 fully saturated rings. The van der Waals surface area contributed by atoms with Crippen LogP contribution in [0.15, 0.2) is 18.2 Å². The molecule has 1 unspecified atom stereocenters. The molecule has 16 heavy (non-hydrogen) atoms. The van der Waals surface area contributed by atoms with Crippen LogP contribution < -0.4 is 11.1 Å². The van der Waals surface area contributed by atoms with Crippen LogP contribution >= 0.6 is 11.6 Å². The van der Waals surface area contributed by atoms with Crippen LogP contribution in [0.3, 0.4) is 0 Å². The van der Waals surface area contributed by atoms with E-state index in [1.165, 1.54) is 18.2 Å². The number of nitrogens with two attached hydrogens (primary N) is 1. The zero-order chi connectivity index (χ0) is 12.1. The van der Waals surface area contributed by atoms with E-state index >= 15 is 0 Å². The average molecular weight is 245 g/mol. The normalized spacial score (nSPS) is 12.2. The van der Waals surface area contributed by atoms with Gasteiger partial charge in [-0.3, -0.25) is 4.79 Å². The highest BCUT2D eigenvalue weighted by Crippen LogP contribution is 2.15. The lowest BCUT2D eigenvalue weighted by atomic mass is 10.1. The van der Waals surface area contributed by atoms with Crippen molar-refractivity contribution in [3.63, 3.8) is 0 Å². The van der Waals surface area contributed by atoms with Crippen molar-refractivity contribution in [2.24, 2.45) is 11.7 Å². The van der Waals surface area contributed by atoms with Gasteiger partial charge >= 0.3 is 0 Å². The maximum Gasteiger partial charge on any atom is 0.251 e. The summed E-state index contributed by atoms with van der Waals surface area (Å²) in [4.78, 5) is 11.6. The maximum absolute atomic E-state index is 12.9. The predicted octanol–water partition coefficient (Wildman–Crippen LogP) is 1.80. The second-order valence-electron chi connectivity index (χ2n) is 3.68. The second kappa shape index (κ2) is 5.82. The summed E-state index contributed by atoms with van der Waals surface area (Å²) < 4.78 is 12.9. The molecular weight excluding hydrogens is 231 g/mol. The summed E-state index contributed by atoms with van der Waals surface area (Å²) in [5, 5.41) is 2.64. The Morgan fingerprint density at radius 1 is 1.62 bits per heavy atom. The lowest BCUT2D eigenvalue weighted by Crippen LogP contribution is -2.31. The molecule has 3 N–H and O–H groups in total. The molecule has 0 saturated carbocycles. The number of hydrogen-bond donors (Lipinski definition) is 2. The number of carbonyl (C=O) groups is 1. The average Bonchev–Trinajstić information content (AvgIpc) is 2.29. The highest BCUT2D eigenvalue weighted by Gasteiger charge is 2.09. The van der Waals surface area contributed by atoms with Crippen LogP contribution in [0.4, 0.5) is 4.39 Å². The van der Waals surface area contributed by atoms with Gasteiger partial charge < -0.3 is 11.1 Å². The maximum atomic E-state index is 12.9. The van der Waals surface area contributed by atoms with Gasteiger partial charge in [-0.2, -0.15) is 0 Å². The van der Waals surface area contributed by atoms with Gasteiger partial charge in [-0.15, -0.1) is 0 Å². The zero-order valence-electron chi connectivity index (χ0n) is 8.97. The molecule has 5 heteroatoms. The monoisotopic (exact) mass is 244 g/mol. The zero-order valence-corrected chi connectivity index (χ0v) is 9.72. The Kier molecular flexibility index (Phi) is 4.71. The minimum absolute atomic E-state index is 0.0560. The van der Waals surface area contributed by atoms with Crippen LogP contribution in [0.25, 0.3) is 0 Å². The van der Waals surface area contributed by atoms with Gasteiger partial charge in [0.05, 0.1) is 5.02 Å². The minimum Gasteiger partial charge on any atom is -0.352 e. The van der Waals surface area contributed by atoms with E-state index in [1.807, 2.05) is 6.92 Å². The molecule has 88 valence electrons. The Morgan fingerprint density at radius 3 is 2.88 bits per heavy atom. The lowest BCUT2D eigenvalue weighted by Gasteiger charge is -2.10. The molecule has 0 aliphatic heterocycles. The molecule has 0 saturated heterocycles. The number of carbonyl (C=O) groups excluding carboxylic acids is 1. The van der Waals surface area contributed by atoms with Crippen LogP contribution in [-0.4, -0.2) is 19.0 Å². The van der Waals surface area contributed by atoms with E-state index in [4.69, 9.17) is 17.3 Å². The molecule has 0 aliphatic rings. The summed E-state index contributed by atoms with van der Waals surface area (Å²) in [5.41, 5.74) is 5.76. The lowest BCUT2D eigenvalue weighted by molar-refractivity contribution is 0.0948. The number of rotatable bonds is 4. The largest absolute Gasteiger partial charge is 0.352 e. The molecule has 1 amide bonds. The molecule has 0 bridgehead atoms. The van der Waals surface area contributed by atoms with E-state index in [-0.39, 0.29) is 16.8 Å². The summed E-state index contributed by atoms with van der Waals surface area (Å²) >= 11 is 5.57. The molecule has 0 aliphatic carbocycles. The van der Waals surface area contributed by atoms with Crippen molar-refractivity contribution >= 4 is 17.5 Å². The van der Waals surface area contributed by atoms with Crippen molar-refractivity contribution < 1.29 is 9.18 Å². The third kappa shape index (κ3) is 3.47. The Hall–Kier alpha value is -1.13. The van der Waals surface area contributed by atoms with Gasteiger partial charge in [0.1, 0.15) is 5.82 Å². The second-order valence-corrected chi connectivity index (χ2v) is 4.09. The number of benzene rings is 1. The van der Waals surface area contributed by atoms with Crippen LogP contribution in [-0.2, 0) is 0 Å². The highest BCUT2D eigenvalue weighted by atomic mass is 35.5. The van der Waals surface area contributed by atoms with Gasteiger partial charge in [-0.05, 0) is 30.7 Å². The van der Waals surface area contributed by atoms with Gasteiger partial charge in [-0.1, -0.05) is 18.5 Å². The summed E-state index contributed by atoms with van der Waals surface area (Å²) in [6, 6.07) is 3.87. The van der Waals surface area contributed by atoms with E-state index in [1.54, 1.807) is 0 Å². The number of amides is 1. The van der Waals surface area contributed by atoms with E-state index in [0.29, 0.717) is 18.7 Å². The first-order valence-electron chi connectivity index (χ1n) is 4.98. The molecule has 1 atom stereocenters. The van der Waals surface area contributed by atoms with Crippen LogP contribution in [0, 0.1) is 11.7 Å². The third-order valence-electron chi connectivity index (χ3n) is 2.20. The molecule has 1 aromatic rings. The van der Waals surface area contributed by atoms with E-state index in [2.05, 4.69) is 5.32 Å². The van der Waals surface area contributed by atoms with Crippen LogP contribution in [0.2, 0.25) is 5.02 Å². The third-order valence-corrected chi connectivity index (χ3v) is 2.48. The Labute approximate surface area is 98.8 Å². The SMILES string of the molecule is CC(CN)CNC(=O)c1ccc(F)c(Cl)c1. The van der Waals surface area contributed by atoms with Crippen LogP contribution in [0.5, 0.6) is 0 Å². The van der Waals surface area contributed by atoms with Crippen molar-refractivity contribution in [1.82, 2.24) is 5.32 Å². The predicted molar refractivity (Wildman–Crippen MR) is 62.0 cm³/mol. The molecule has 1 rings (SSSR count). The molecule has 0 aromatic heterocycles. The first-order valence-corrected chi connectivity index (χ1v) is 5.35. The van der Waals surface area contributed by atoms with E-state index < -0.39 is 5.82 Å². The van der Waals surface area contributed by atoms with Crippen molar-refractivity contribution in [1.29, 1.82) is 0 Å². The Morgan fingerprint density at radius 2 is 2.31 bits per heavy atom. The summed E-state index contributed by atoms with van der Waals surface area (Å²) in [7, 11) is 0. The van der Waals surface area contributed by atoms with Crippen molar-refractivity contribution in [2.45, 2.75) is 6.92 Å². The van der Waals surface area contributed by atoms with Gasteiger partial charge in [0.25, 0.3) is 5.91 Å². The summed E-state index contributed by atoms with van der Waals surface area (Å²) in [5.74, 6) is -0.601. The van der Waals surface area contributed by atoms with Crippen molar-refractivity contribution in [3.05, 3.63) is 34.6 Å². The van der Waals surface area contributed by atoms with Gasteiger partial charge in [0.2, 0.25) is 0 Å². The van der Waals surface area contributed by atoms with E-state index in [0.717, 1.165) is 0 Å². The standard InChI is InChI=1S/C11H14ClFN2O/c1-7(5-14)6-15-11(16)8-2-3-10(13)9(12)4-8/h2-4,7H,5-6,14H2,1H3,(H,15,16). The molecular formula is C11H14ClFN2O. The fourth-order valence-corrected chi connectivity index (χ4v) is 1.27. The Balaban J connectivity index is 2.63. The molecule has 3 nitrogen and oxygen atoms in total. The highest BCUT2D eigenvalue weighted by molar-refractivity contribution is 6.31. The van der Waals surface area contributed by atoms with Gasteiger partial charge in [0.15, 0.2) is 0 Å². The van der Waals surface area contributed by atoms with E-state index in [9.17, 15) is 9.18 Å². The first kappa shape index (κ1) is 12.9. The molecule has 0 heterocycles. The molecule has 0 spiro atoms. The molecule has 0 radical (unpaired) electrons. The topological polar surface area (TPSA) is 55.1 Å². The smallest absolute Gasteiger partial charge is 0.251 e. The Bertz CT molecular complexity index is 384. The first-order chi connectivity index (χ1) is 7.54. The van der Waals surface area contributed by atoms with Gasteiger partial charge in [0, 0.05) is 12.1 Å². The van der Waals surface area contributed by atoms with Crippen molar-refractivity contribution in [2.75, 3.05) is 13.1 Å². The fraction of sp³-hybridized carbons (Fsp3) is 0.364. The summed E-state index contributed by atoms with van der Waals surface area (Å²) in [6.07, 6.45) is 0. The minimum atomic E-state index is -0.534. The number of halogens is 2. The van der Waals surface area contributed by atoms with Gasteiger partial charge in [-0.25, -0.2) is 4.39 Å². The molecule has 1 aromatic carbocycles. The quantitative estimate of drug-likeness (QED) is 0.849.